The van der Waals surface area contributed by atoms with Gasteiger partial charge in [0.25, 0.3) is 0 Å². The summed E-state index contributed by atoms with van der Waals surface area (Å²) in [7, 11) is -4.70. The van der Waals surface area contributed by atoms with Gasteiger partial charge < -0.3 is 20.2 Å². The average molecular weight is 660 g/mol. The molecule has 0 rings (SSSR count). The van der Waals surface area contributed by atoms with Gasteiger partial charge in [0.1, 0.15) is 0 Å². The summed E-state index contributed by atoms with van der Waals surface area (Å²) in [6, 6.07) is -0.902. The van der Waals surface area contributed by atoms with E-state index in [1.165, 1.54) is 141 Å². The van der Waals surface area contributed by atoms with Gasteiger partial charge in [-0.15, -0.1) is 0 Å². The Bertz CT molecular complexity index is 713. The first kappa shape index (κ1) is 44.3. The molecule has 2 atom stereocenters. The van der Waals surface area contributed by atoms with Gasteiger partial charge in [0.05, 0.1) is 18.8 Å². The predicted octanol–water partition coefficient (Wildman–Crippen LogP) is 10.9. The monoisotopic (exact) mass is 660 g/mol. The van der Waals surface area contributed by atoms with Crippen LogP contribution in [-0.4, -0.2) is 39.6 Å². The number of rotatable bonds is 35. The molecule has 0 unspecified atom stereocenters. The summed E-state index contributed by atoms with van der Waals surface area (Å²) < 4.78 is 15.8. The third kappa shape index (κ3) is 34.4. The molecular weight excluding hydrogens is 585 g/mol. The van der Waals surface area contributed by atoms with Crippen molar-refractivity contribution in [3.8, 4) is 0 Å². The van der Waals surface area contributed by atoms with Crippen molar-refractivity contribution in [3.63, 3.8) is 0 Å². The van der Waals surface area contributed by atoms with Gasteiger partial charge in [-0.25, -0.2) is 4.57 Å². The standard InChI is InChI=1S/C37H74NO6P/c1-3-5-7-9-11-13-14-15-16-17-18-19-20-21-22-23-25-27-29-31-33-37(40)38-35(34-44-45(41,42)43)36(39)32-30-28-26-24-12-10-8-6-4-2/h30,32,35-36,39H,3-29,31,33-34H2,1-2H3,(H,38,40)(H2,41,42,43)/b32-30+/t35-,36+/m0/s1. The third-order valence-corrected chi connectivity index (χ3v) is 9.23. The van der Waals surface area contributed by atoms with Crippen LogP contribution in [0.25, 0.3) is 0 Å². The molecule has 0 saturated carbocycles. The normalized spacial score (nSPS) is 13.4. The number of unbranched alkanes of at least 4 members (excludes halogenated alkanes) is 26. The largest absolute Gasteiger partial charge is 0.469 e. The summed E-state index contributed by atoms with van der Waals surface area (Å²) in [5.74, 6) is -0.226. The lowest BCUT2D eigenvalue weighted by molar-refractivity contribution is -0.123. The lowest BCUT2D eigenvalue weighted by atomic mass is 10.0. The molecule has 8 heteroatoms. The molecule has 0 aliphatic rings. The second-order valence-corrected chi connectivity index (χ2v) is 14.5. The van der Waals surface area contributed by atoms with Crippen molar-refractivity contribution >= 4 is 13.7 Å². The van der Waals surface area contributed by atoms with Crippen molar-refractivity contribution in [2.45, 2.75) is 212 Å². The smallest absolute Gasteiger partial charge is 0.387 e. The molecule has 268 valence electrons. The lowest BCUT2D eigenvalue weighted by Crippen LogP contribution is -2.45. The third-order valence-electron chi connectivity index (χ3n) is 8.75. The summed E-state index contributed by atoms with van der Waals surface area (Å²) in [6.45, 7) is 4.04. The van der Waals surface area contributed by atoms with Gasteiger partial charge in [0.15, 0.2) is 0 Å². The van der Waals surface area contributed by atoms with Crippen LogP contribution >= 0.6 is 7.82 Å². The van der Waals surface area contributed by atoms with Crippen molar-refractivity contribution < 1.29 is 28.8 Å². The number of aliphatic hydroxyl groups is 1. The Morgan fingerprint density at radius 2 is 0.978 bits per heavy atom. The summed E-state index contributed by atoms with van der Waals surface area (Å²) in [5.41, 5.74) is 0. The minimum Gasteiger partial charge on any atom is -0.387 e. The predicted molar refractivity (Wildman–Crippen MR) is 190 cm³/mol. The number of aliphatic hydroxyl groups excluding tert-OH is 1. The van der Waals surface area contributed by atoms with Crippen molar-refractivity contribution in [2.24, 2.45) is 0 Å². The number of phosphoric acid groups is 1. The molecule has 0 aliphatic heterocycles. The zero-order chi connectivity index (χ0) is 33.3. The second-order valence-electron chi connectivity index (χ2n) is 13.3. The minimum atomic E-state index is -4.70. The Kier molecular flexibility index (Phi) is 32.7. The number of phosphoric ester groups is 1. The maximum Gasteiger partial charge on any atom is 0.469 e. The van der Waals surface area contributed by atoms with E-state index in [1.807, 2.05) is 6.08 Å². The van der Waals surface area contributed by atoms with E-state index >= 15 is 0 Å². The topological polar surface area (TPSA) is 116 Å². The molecule has 45 heavy (non-hydrogen) atoms. The molecule has 0 spiro atoms. The van der Waals surface area contributed by atoms with E-state index in [9.17, 15) is 14.5 Å². The van der Waals surface area contributed by atoms with Crippen molar-refractivity contribution in [2.75, 3.05) is 6.61 Å². The van der Waals surface area contributed by atoms with Gasteiger partial charge in [-0.3, -0.25) is 9.32 Å². The van der Waals surface area contributed by atoms with E-state index in [-0.39, 0.29) is 5.91 Å². The Balaban J connectivity index is 3.87. The fraction of sp³-hybridized carbons (Fsp3) is 0.919. The molecule has 0 aliphatic carbocycles. The van der Waals surface area contributed by atoms with Gasteiger partial charge in [0, 0.05) is 6.42 Å². The van der Waals surface area contributed by atoms with Crippen LogP contribution in [0.15, 0.2) is 12.2 Å². The fourth-order valence-electron chi connectivity index (χ4n) is 5.81. The molecule has 0 heterocycles. The van der Waals surface area contributed by atoms with Crippen LogP contribution in [-0.2, 0) is 13.9 Å². The molecule has 0 aromatic heterocycles. The Morgan fingerprint density at radius 3 is 1.36 bits per heavy atom. The number of amides is 1. The van der Waals surface area contributed by atoms with Crippen molar-refractivity contribution in [1.82, 2.24) is 5.32 Å². The summed E-state index contributed by atoms with van der Waals surface area (Å²) in [4.78, 5) is 30.7. The fourth-order valence-corrected chi connectivity index (χ4v) is 6.17. The van der Waals surface area contributed by atoms with Crippen LogP contribution in [0.2, 0.25) is 0 Å². The Labute approximate surface area is 278 Å². The molecule has 0 saturated heterocycles. The first-order valence-corrected chi connectivity index (χ1v) is 20.7. The lowest BCUT2D eigenvalue weighted by Gasteiger charge is -2.22. The van der Waals surface area contributed by atoms with Crippen LogP contribution in [0, 0.1) is 0 Å². The average Bonchev–Trinajstić information content (AvgIpc) is 3.00. The molecule has 1 amide bonds. The second kappa shape index (κ2) is 33.2. The molecular formula is C37H74NO6P. The highest BCUT2D eigenvalue weighted by Crippen LogP contribution is 2.35. The van der Waals surface area contributed by atoms with Gasteiger partial charge in [-0.2, -0.15) is 0 Å². The Morgan fingerprint density at radius 1 is 0.622 bits per heavy atom. The summed E-state index contributed by atoms with van der Waals surface area (Å²) in [6.07, 6.45) is 38.2. The highest BCUT2D eigenvalue weighted by Gasteiger charge is 2.24. The summed E-state index contributed by atoms with van der Waals surface area (Å²) in [5, 5.41) is 13.3. The number of hydrogen-bond acceptors (Lipinski definition) is 4. The summed E-state index contributed by atoms with van der Waals surface area (Å²) >= 11 is 0. The molecule has 0 aromatic rings. The first-order valence-electron chi connectivity index (χ1n) is 19.1. The number of allylic oxidation sites excluding steroid dienone is 1. The molecule has 7 nitrogen and oxygen atoms in total. The zero-order valence-corrected chi connectivity index (χ0v) is 30.4. The number of hydrogen-bond donors (Lipinski definition) is 4. The van der Waals surface area contributed by atoms with Crippen molar-refractivity contribution in [3.05, 3.63) is 12.2 Å². The van der Waals surface area contributed by atoms with E-state index in [2.05, 4.69) is 23.7 Å². The van der Waals surface area contributed by atoms with Crippen LogP contribution in [0.5, 0.6) is 0 Å². The SMILES string of the molecule is CCCCCCCCC/C=C/[C@@H](O)[C@H](COP(=O)(O)O)NC(=O)CCCCCCCCCCCCCCCCCCCCCC. The maximum absolute atomic E-state index is 12.5. The maximum atomic E-state index is 12.5. The highest BCUT2D eigenvalue weighted by molar-refractivity contribution is 7.46. The van der Waals surface area contributed by atoms with E-state index in [0.29, 0.717) is 6.42 Å². The van der Waals surface area contributed by atoms with Crippen molar-refractivity contribution in [1.29, 1.82) is 0 Å². The van der Waals surface area contributed by atoms with Gasteiger partial charge in [0.2, 0.25) is 5.91 Å². The highest BCUT2D eigenvalue weighted by atomic mass is 31.2. The van der Waals surface area contributed by atoms with E-state index in [4.69, 9.17) is 9.79 Å². The van der Waals surface area contributed by atoms with Crippen LogP contribution in [0.3, 0.4) is 0 Å². The first-order chi connectivity index (χ1) is 21.8. The quantitative estimate of drug-likeness (QED) is 0.0306. The molecule has 0 bridgehead atoms. The van der Waals surface area contributed by atoms with Gasteiger partial charge in [-0.05, 0) is 19.3 Å². The molecule has 0 fully saturated rings. The van der Waals surface area contributed by atoms with E-state index in [0.717, 1.165) is 38.5 Å². The number of carbonyl (C=O) groups is 1. The van der Waals surface area contributed by atoms with E-state index < -0.39 is 26.6 Å². The van der Waals surface area contributed by atoms with Crippen LogP contribution in [0.4, 0.5) is 0 Å². The number of nitrogens with one attached hydrogen (secondary N) is 1. The van der Waals surface area contributed by atoms with Gasteiger partial charge in [-0.1, -0.05) is 187 Å². The van der Waals surface area contributed by atoms with Crippen LogP contribution < -0.4 is 5.32 Å². The zero-order valence-electron chi connectivity index (χ0n) is 29.5. The Hall–Kier alpha value is -0.720. The van der Waals surface area contributed by atoms with Crippen LogP contribution in [0.1, 0.15) is 200 Å². The van der Waals surface area contributed by atoms with Gasteiger partial charge >= 0.3 is 7.82 Å². The van der Waals surface area contributed by atoms with E-state index in [1.54, 1.807) is 6.08 Å². The minimum absolute atomic E-state index is 0.226. The number of carbonyl (C=O) groups excluding carboxylic acids is 1. The molecule has 4 N–H and O–H groups in total. The molecule has 0 aromatic carbocycles. The molecule has 0 radical (unpaired) electrons.